The molecule has 1 N–H and O–H groups in total. The first-order valence-corrected chi connectivity index (χ1v) is 6.25. The minimum absolute atomic E-state index is 0.299. The zero-order valence-electron chi connectivity index (χ0n) is 10.9. The van der Waals surface area contributed by atoms with Crippen molar-refractivity contribution in [2.45, 2.75) is 0 Å². The second-order valence-corrected chi connectivity index (χ2v) is 4.32. The molecule has 104 valence electrons. The van der Waals surface area contributed by atoms with E-state index >= 15 is 0 Å². The van der Waals surface area contributed by atoms with Crippen molar-refractivity contribution in [3.8, 4) is 5.69 Å². The van der Waals surface area contributed by atoms with Crippen LogP contribution in [0.25, 0.3) is 5.69 Å². The third-order valence-electron chi connectivity index (χ3n) is 2.88. The maximum Gasteiger partial charge on any atom is 0.257 e. The number of amides is 1. The lowest BCUT2D eigenvalue weighted by Crippen LogP contribution is -2.12. The highest BCUT2D eigenvalue weighted by molar-refractivity contribution is 6.04. The van der Waals surface area contributed by atoms with Gasteiger partial charge in [0.05, 0.1) is 11.3 Å². The van der Waals surface area contributed by atoms with Gasteiger partial charge in [0.1, 0.15) is 0 Å². The first kappa shape index (κ1) is 13.0. The summed E-state index contributed by atoms with van der Waals surface area (Å²) in [4.78, 5) is 15.4. The maximum atomic E-state index is 12.7. The minimum atomic E-state index is -0.616. The van der Waals surface area contributed by atoms with Gasteiger partial charge in [-0.15, -0.1) is 0 Å². The topological polar surface area (TPSA) is 59.8 Å². The van der Waals surface area contributed by atoms with Crippen molar-refractivity contribution in [1.82, 2.24) is 14.8 Å². The molecule has 0 aliphatic carbocycles. The monoisotopic (exact) mass is 282 g/mol. The molecule has 1 amide bonds. The number of anilines is 1. The molecule has 0 bridgehead atoms. The lowest BCUT2D eigenvalue weighted by Gasteiger charge is -2.06. The molecule has 0 saturated heterocycles. The van der Waals surface area contributed by atoms with Crippen LogP contribution in [-0.2, 0) is 0 Å². The molecule has 0 radical (unpaired) electrons. The van der Waals surface area contributed by atoms with E-state index < -0.39 is 5.95 Å². The van der Waals surface area contributed by atoms with Crippen molar-refractivity contribution in [3.05, 3.63) is 72.6 Å². The summed E-state index contributed by atoms with van der Waals surface area (Å²) in [7, 11) is 0. The molecule has 3 aromatic rings. The molecule has 0 spiro atoms. The van der Waals surface area contributed by atoms with E-state index in [-0.39, 0.29) is 5.91 Å². The van der Waals surface area contributed by atoms with Crippen LogP contribution in [-0.4, -0.2) is 20.7 Å². The van der Waals surface area contributed by atoms with Gasteiger partial charge in [0, 0.05) is 24.3 Å². The second-order valence-electron chi connectivity index (χ2n) is 4.32. The summed E-state index contributed by atoms with van der Waals surface area (Å²) < 4.78 is 14.4. The zero-order valence-corrected chi connectivity index (χ0v) is 10.9. The molecule has 0 aliphatic rings. The number of nitrogens with one attached hydrogen (secondary N) is 1. The smallest absolute Gasteiger partial charge is 0.257 e. The van der Waals surface area contributed by atoms with Crippen LogP contribution in [0.15, 0.2) is 61.1 Å². The predicted molar refractivity (Wildman–Crippen MR) is 75.7 cm³/mol. The summed E-state index contributed by atoms with van der Waals surface area (Å²) in [6, 6.07) is 11.6. The predicted octanol–water partition coefficient (Wildman–Crippen LogP) is 2.66. The summed E-state index contributed by atoms with van der Waals surface area (Å²) in [5, 5.41) is 6.84. The fraction of sp³-hybridized carbons (Fsp3) is 0. The van der Waals surface area contributed by atoms with E-state index in [2.05, 4.69) is 15.4 Å². The first-order chi connectivity index (χ1) is 10.2. The van der Waals surface area contributed by atoms with Gasteiger partial charge in [-0.3, -0.25) is 4.79 Å². The van der Waals surface area contributed by atoms with Crippen molar-refractivity contribution in [2.75, 3.05) is 5.32 Å². The molecule has 2 heterocycles. The lowest BCUT2D eigenvalue weighted by molar-refractivity contribution is 0.102. The van der Waals surface area contributed by atoms with Gasteiger partial charge >= 0.3 is 0 Å². The molecular weight excluding hydrogens is 271 g/mol. The molecule has 3 rings (SSSR count). The van der Waals surface area contributed by atoms with Crippen molar-refractivity contribution in [1.29, 1.82) is 0 Å². The van der Waals surface area contributed by atoms with Crippen LogP contribution in [0, 0.1) is 5.95 Å². The summed E-state index contributed by atoms with van der Waals surface area (Å²) >= 11 is 0. The maximum absolute atomic E-state index is 12.7. The van der Waals surface area contributed by atoms with Crippen LogP contribution in [0.2, 0.25) is 0 Å². The number of nitrogens with zero attached hydrogens (tertiary/aromatic N) is 3. The highest BCUT2D eigenvalue weighted by Gasteiger charge is 2.07. The molecule has 0 fully saturated rings. The number of benzene rings is 1. The Morgan fingerprint density at radius 1 is 1.14 bits per heavy atom. The third kappa shape index (κ3) is 2.94. The van der Waals surface area contributed by atoms with Gasteiger partial charge in [0.15, 0.2) is 0 Å². The quantitative estimate of drug-likeness (QED) is 0.751. The number of carbonyl (C=O) groups excluding carboxylic acids is 1. The van der Waals surface area contributed by atoms with E-state index in [1.807, 2.05) is 24.4 Å². The average molecular weight is 282 g/mol. The number of pyridine rings is 1. The summed E-state index contributed by atoms with van der Waals surface area (Å²) in [5.74, 6) is -0.954. The normalized spacial score (nSPS) is 10.3. The van der Waals surface area contributed by atoms with Gasteiger partial charge < -0.3 is 5.32 Å². The minimum Gasteiger partial charge on any atom is -0.322 e. The molecular formula is C15H11FN4O. The second kappa shape index (κ2) is 5.54. The van der Waals surface area contributed by atoms with Crippen LogP contribution >= 0.6 is 0 Å². The third-order valence-corrected chi connectivity index (χ3v) is 2.88. The average Bonchev–Trinajstić information content (AvgIpc) is 3.03. The molecule has 0 unspecified atom stereocenters. The van der Waals surface area contributed by atoms with E-state index in [1.54, 1.807) is 23.0 Å². The highest BCUT2D eigenvalue weighted by Crippen LogP contribution is 2.13. The molecule has 0 atom stereocenters. The standard InChI is InChI=1S/C15H11FN4O/c16-14-7-2-11(10-17-14)15(21)19-12-3-5-13(6-4-12)20-9-1-8-18-20/h1-10H,(H,19,21). The Morgan fingerprint density at radius 3 is 2.57 bits per heavy atom. The van der Waals surface area contributed by atoms with Crippen molar-refractivity contribution in [2.24, 2.45) is 0 Å². The number of carbonyl (C=O) groups is 1. The largest absolute Gasteiger partial charge is 0.322 e. The number of halogens is 1. The SMILES string of the molecule is O=C(Nc1ccc(-n2cccn2)cc1)c1ccc(F)nc1. The first-order valence-electron chi connectivity index (χ1n) is 6.25. The van der Waals surface area contributed by atoms with Gasteiger partial charge in [0.2, 0.25) is 5.95 Å². The number of aromatic nitrogens is 3. The van der Waals surface area contributed by atoms with Crippen molar-refractivity contribution >= 4 is 11.6 Å². The summed E-state index contributed by atoms with van der Waals surface area (Å²) in [6.07, 6.45) is 4.72. The molecule has 21 heavy (non-hydrogen) atoms. The van der Waals surface area contributed by atoms with Gasteiger partial charge in [-0.2, -0.15) is 9.49 Å². The van der Waals surface area contributed by atoms with Gasteiger partial charge in [0.25, 0.3) is 5.91 Å². The Morgan fingerprint density at radius 2 is 1.95 bits per heavy atom. The number of hydrogen-bond acceptors (Lipinski definition) is 3. The fourth-order valence-corrected chi connectivity index (χ4v) is 1.83. The van der Waals surface area contributed by atoms with E-state index in [4.69, 9.17) is 0 Å². The van der Waals surface area contributed by atoms with Crippen LogP contribution in [0.5, 0.6) is 0 Å². The van der Waals surface area contributed by atoms with Gasteiger partial charge in [-0.05, 0) is 42.5 Å². The summed E-state index contributed by atoms with van der Waals surface area (Å²) in [6.45, 7) is 0. The van der Waals surface area contributed by atoms with Gasteiger partial charge in [-0.1, -0.05) is 0 Å². The Hall–Kier alpha value is -3.02. The number of hydrogen-bond donors (Lipinski definition) is 1. The molecule has 1 aromatic carbocycles. The van der Waals surface area contributed by atoms with Crippen LogP contribution in [0.4, 0.5) is 10.1 Å². The fourth-order valence-electron chi connectivity index (χ4n) is 1.83. The van der Waals surface area contributed by atoms with Crippen LogP contribution in [0.3, 0.4) is 0 Å². The Balaban J connectivity index is 1.73. The van der Waals surface area contributed by atoms with Crippen LogP contribution in [0.1, 0.15) is 10.4 Å². The van der Waals surface area contributed by atoms with E-state index in [1.165, 1.54) is 12.3 Å². The molecule has 6 heteroatoms. The highest BCUT2D eigenvalue weighted by atomic mass is 19.1. The van der Waals surface area contributed by atoms with E-state index in [0.717, 1.165) is 11.8 Å². The molecule has 5 nitrogen and oxygen atoms in total. The molecule has 0 aliphatic heterocycles. The Bertz CT molecular complexity index is 736. The Labute approximate surface area is 120 Å². The number of rotatable bonds is 3. The Kier molecular flexibility index (Phi) is 3.42. The molecule has 0 saturated carbocycles. The molecule has 2 aromatic heterocycles. The zero-order chi connectivity index (χ0) is 14.7. The van der Waals surface area contributed by atoms with Gasteiger partial charge in [-0.25, -0.2) is 9.67 Å². The lowest BCUT2D eigenvalue weighted by atomic mass is 10.2. The van der Waals surface area contributed by atoms with Crippen LogP contribution < -0.4 is 5.32 Å². The summed E-state index contributed by atoms with van der Waals surface area (Å²) in [5.41, 5.74) is 1.83. The van der Waals surface area contributed by atoms with Crippen molar-refractivity contribution < 1.29 is 9.18 Å². The van der Waals surface area contributed by atoms with E-state index in [9.17, 15) is 9.18 Å². The van der Waals surface area contributed by atoms with E-state index in [0.29, 0.717) is 11.3 Å². The van der Waals surface area contributed by atoms with Crippen molar-refractivity contribution in [3.63, 3.8) is 0 Å².